The second-order valence-electron chi connectivity index (χ2n) is 5.46. The lowest BCUT2D eigenvalue weighted by atomic mass is 10.1. The van der Waals surface area contributed by atoms with Gasteiger partial charge in [0.15, 0.2) is 10.4 Å². The summed E-state index contributed by atoms with van der Waals surface area (Å²) < 4.78 is 4.84. The van der Waals surface area contributed by atoms with E-state index < -0.39 is 0 Å². The van der Waals surface area contributed by atoms with E-state index in [9.17, 15) is 0 Å². The molecule has 0 spiro atoms. The molecule has 4 nitrogen and oxygen atoms in total. The maximum Gasteiger partial charge on any atom is 0.179 e. The Morgan fingerprint density at radius 1 is 1.29 bits per heavy atom. The maximum atomic E-state index is 5.52. The highest BCUT2D eigenvalue weighted by atomic mass is 32.1. The second-order valence-corrected chi connectivity index (χ2v) is 5.85. The van der Waals surface area contributed by atoms with Crippen LogP contribution in [-0.2, 0) is 20.0 Å². The number of rotatable bonds is 4. The molecule has 0 aliphatic carbocycles. The average Bonchev–Trinajstić information content (AvgIpc) is 2.92. The highest BCUT2D eigenvalue weighted by molar-refractivity contribution is 7.71. The molecule has 110 valence electrons. The Morgan fingerprint density at radius 2 is 2.05 bits per heavy atom. The summed E-state index contributed by atoms with van der Waals surface area (Å²) in [4.78, 5) is 3.34. The molecule has 0 saturated heterocycles. The molecule has 5 heteroatoms. The number of nitrogens with one attached hydrogen (secondary N) is 1. The molecule has 3 rings (SSSR count). The molecule has 2 aromatic heterocycles. The van der Waals surface area contributed by atoms with Crippen molar-refractivity contribution in [2.45, 2.75) is 33.2 Å². The molecule has 0 bridgehead atoms. The Bertz CT molecular complexity index is 838. The summed E-state index contributed by atoms with van der Waals surface area (Å²) in [5, 5.41) is 4.62. The van der Waals surface area contributed by atoms with Crippen LogP contribution in [0.5, 0.6) is 0 Å². The molecular weight excluding hydrogens is 280 g/mol. The van der Waals surface area contributed by atoms with E-state index in [-0.39, 0.29) is 0 Å². The molecular formula is C16H20N4S. The quantitative estimate of drug-likeness (QED) is 0.745. The number of benzene rings is 1. The van der Waals surface area contributed by atoms with E-state index in [1.165, 1.54) is 11.1 Å². The first-order valence-corrected chi connectivity index (χ1v) is 7.71. The van der Waals surface area contributed by atoms with E-state index >= 15 is 0 Å². The van der Waals surface area contributed by atoms with Crippen LogP contribution in [-0.4, -0.2) is 19.3 Å². The van der Waals surface area contributed by atoms with Gasteiger partial charge in [0.1, 0.15) is 5.52 Å². The molecule has 0 fully saturated rings. The van der Waals surface area contributed by atoms with Crippen molar-refractivity contribution in [1.82, 2.24) is 19.3 Å². The fourth-order valence-electron chi connectivity index (χ4n) is 2.79. The van der Waals surface area contributed by atoms with Crippen molar-refractivity contribution in [1.29, 1.82) is 0 Å². The molecule has 0 aliphatic heterocycles. The number of imidazole rings is 1. The summed E-state index contributed by atoms with van der Waals surface area (Å²) in [5.74, 6) is 0. The molecule has 2 heterocycles. The summed E-state index contributed by atoms with van der Waals surface area (Å²) >= 11 is 5.52. The van der Waals surface area contributed by atoms with Gasteiger partial charge in [-0.1, -0.05) is 37.6 Å². The normalized spacial score (nSPS) is 11.4. The molecule has 0 radical (unpaired) electrons. The molecule has 0 amide bonds. The molecule has 1 N–H and O–H groups in total. The highest BCUT2D eigenvalue weighted by Crippen LogP contribution is 2.21. The van der Waals surface area contributed by atoms with Crippen molar-refractivity contribution in [2.24, 2.45) is 7.05 Å². The molecule has 0 unspecified atom stereocenters. The van der Waals surface area contributed by atoms with Crippen LogP contribution in [0.3, 0.4) is 0 Å². The van der Waals surface area contributed by atoms with Crippen LogP contribution in [0.15, 0.2) is 24.3 Å². The summed E-state index contributed by atoms with van der Waals surface area (Å²) in [6, 6.07) is 8.42. The minimum absolute atomic E-state index is 0.763. The summed E-state index contributed by atoms with van der Waals surface area (Å²) in [6.07, 6.45) is 2.05. The Hall–Kier alpha value is -1.88. The Kier molecular flexibility index (Phi) is 3.68. The lowest BCUT2D eigenvalue weighted by Gasteiger charge is -2.08. The maximum absolute atomic E-state index is 5.52. The van der Waals surface area contributed by atoms with Crippen LogP contribution < -0.4 is 0 Å². The zero-order valence-corrected chi connectivity index (χ0v) is 13.5. The standard InChI is InChI=1S/C16H20N4S/c1-4-7-13-14-15(19(3)18-13)20(16(21)17-14)10-12-9-6-5-8-11(12)2/h5-6,8-9H,4,7,10H2,1-3H3,(H,17,21). The summed E-state index contributed by atoms with van der Waals surface area (Å²) in [5.41, 5.74) is 5.83. The largest absolute Gasteiger partial charge is 0.328 e. The molecule has 0 aliphatic rings. The SMILES string of the molecule is CCCc1nn(C)c2c1[nH]c(=S)n2Cc1ccccc1C. The van der Waals surface area contributed by atoms with Gasteiger partial charge in [0.2, 0.25) is 0 Å². The van der Waals surface area contributed by atoms with Crippen molar-refractivity contribution in [3.63, 3.8) is 0 Å². The van der Waals surface area contributed by atoms with Gasteiger partial charge in [-0.05, 0) is 36.7 Å². The smallest absolute Gasteiger partial charge is 0.179 e. The third-order valence-corrected chi connectivity index (χ3v) is 4.22. The number of hydrogen-bond acceptors (Lipinski definition) is 2. The molecule has 0 atom stereocenters. The van der Waals surface area contributed by atoms with Crippen LogP contribution >= 0.6 is 12.2 Å². The Labute approximate surface area is 129 Å². The number of nitrogens with zero attached hydrogens (tertiary/aromatic N) is 3. The fourth-order valence-corrected chi connectivity index (χ4v) is 3.05. The topological polar surface area (TPSA) is 38.5 Å². The van der Waals surface area contributed by atoms with Crippen molar-refractivity contribution < 1.29 is 0 Å². The lowest BCUT2D eigenvalue weighted by molar-refractivity contribution is 0.702. The van der Waals surface area contributed by atoms with Crippen molar-refractivity contribution >= 4 is 23.4 Å². The zero-order chi connectivity index (χ0) is 15.0. The van der Waals surface area contributed by atoms with E-state index in [0.29, 0.717) is 0 Å². The number of aromatic amines is 1. The van der Waals surface area contributed by atoms with Gasteiger partial charge in [-0.2, -0.15) is 5.10 Å². The van der Waals surface area contributed by atoms with Crippen LogP contribution in [0, 0.1) is 11.7 Å². The van der Waals surface area contributed by atoms with E-state index in [4.69, 9.17) is 12.2 Å². The zero-order valence-electron chi connectivity index (χ0n) is 12.7. The third kappa shape index (κ3) is 2.42. The first kappa shape index (κ1) is 14.1. The number of hydrogen-bond donors (Lipinski definition) is 1. The third-order valence-electron chi connectivity index (χ3n) is 3.90. The monoisotopic (exact) mass is 300 g/mol. The first-order chi connectivity index (χ1) is 10.1. The average molecular weight is 300 g/mol. The highest BCUT2D eigenvalue weighted by Gasteiger charge is 2.15. The van der Waals surface area contributed by atoms with Gasteiger partial charge in [0.25, 0.3) is 0 Å². The van der Waals surface area contributed by atoms with Crippen molar-refractivity contribution in [3.8, 4) is 0 Å². The number of aryl methyl sites for hydroxylation is 3. The molecule has 21 heavy (non-hydrogen) atoms. The summed E-state index contributed by atoms with van der Waals surface area (Å²) in [6.45, 7) is 5.07. The predicted octanol–water partition coefficient (Wildman–Crippen LogP) is 3.74. The van der Waals surface area contributed by atoms with Gasteiger partial charge >= 0.3 is 0 Å². The van der Waals surface area contributed by atoms with E-state index in [2.05, 4.69) is 52.8 Å². The summed E-state index contributed by atoms with van der Waals surface area (Å²) in [7, 11) is 1.98. The van der Waals surface area contributed by atoms with E-state index in [1.807, 2.05) is 11.7 Å². The second kappa shape index (κ2) is 5.48. The minimum Gasteiger partial charge on any atom is -0.328 e. The molecule has 0 saturated carbocycles. The number of fused-ring (bicyclic) bond motifs is 1. The van der Waals surface area contributed by atoms with Crippen LogP contribution in [0.2, 0.25) is 0 Å². The minimum atomic E-state index is 0.763. The predicted molar refractivity (Wildman–Crippen MR) is 88.2 cm³/mol. The van der Waals surface area contributed by atoms with Crippen molar-refractivity contribution in [2.75, 3.05) is 0 Å². The Balaban J connectivity index is 2.13. The fraction of sp³-hybridized carbons (Fsp3) is 0.375. The number of aromatic nitrogens is 4. The molecule has 1 aromatic carbocycles. The first-order valence-electron chi connectivity index (χ1n) is 7.30. The van der Waals surface area contributed by atoms with Crippen LogP contribution in [0.4, 0.5) is 0 Å². The van der Waals surface area contributed by atoms with Gasteiger partial charge in [-0.15, -0.1) is 0 Å². The molecule has 3 aromatic rings. The van der Waals surface area contributed by atoms with E-state index in [0.717, 1.165) is 41.0 Å². The van der Waals surface area contributed by atoms with Gasteiger partial charge in [-0.25, -0.2) is 0 Å². The van der Waals surface area contributed by atoms with Gasteiger partial charge in [-0.3, -0.25) is 9.25 Å². The Morgan fingerprint density at radius 3 is 2.76 bits per heavy atom. The van der Waals surface area contributed by atoms with Crippen LogP contribution in [0.25, 0.3) is 11.2 Å². The lowest BCUT2D eigenvalue weighted by Crippen LogP contribution is -2.05. The van der Waals surface area contributed by atoms with Gasteiger partial charge < -0.3 is 4.98 Å². The van der Waals surface area contributed by atoms with Crippen LogP contribution in [0.1, 0.15) is 30.2 Å². The van der Waals surface area contributed by atoms with Crippen molar-refractivity contribution in [3.05, 3.63) is 45.9 Å². The van der Waals surface area contributed by atoms with Gasteiger partial charge in [0, 0.05) is 7.05 Å². The number of H-pyrrole nitrogens is 1. The van der Waals surface area contributed by atoms with Gasteiger partial charge in [0.05, 0.1) is 12.2 Å². The van der Waals surface area contributed by atoms with E-state index in [1.54, 1.807) is 0 Å².